The molecule has 0 N–H and O–H groups in total. The van der Waals surface area contributed by atoms with Gasteiger partial charge in [0, 0.05) is 19.2 Å². The first-order valence-electron chi connectivity index (χ1n) is 6.40. The predicted octanol–water partition coefficient (Wildman–Crippen LogP) is 2.13. The molecule has 104 valence electrons. The number of carbonyl (C=O) groups excluding carboxylic acids is 1. The van der Waals surface area contributed by atoms with Crippen molar-refractivity contribution in [3.05, 3.63) is 35.4 Å². The van der Waals surface area contributed by atoms with Crippen molar-refractivity contribution in [2.45, 2.75) is 18.9 Å². The smallest absolute Gasteiger partial charge is 0.256 e. The van der Waals surface area contributed by atoms with Crippen molar-refractivity contribution >= 4 is 5.91 Å². The van der Waals surface area contributed by atoms with Gasteiger partial charge in [0.05, 0.1) is 5.56 Å². The number of carbonyl (C=O) groups is 1. The van der Waals surface area contributed by atoms with E-state index in [2.05, 4.69) is 4.90 Å². The molecule has 0 atom stereocenters. The number of piperidine rings is 1. The van der Waals surface area contributed by atoms with Gasteiger partial charge in [-0.05, 0) is 45.1 Å². The number of likely N-dealkylation sites (tertiary alicyclic amines) is 1. The number of benzene rings is 1. The number of rotatable bonds is 2. The molecule has 1 fully saturated rings. The van der Waals surface area contributed by atoms with Gasteiger partial charge in [-0.1, -0.05) is 0 Å². The molecule has 1 aromatic carbocycles. The lowest BCUT2D eigenvalue weighted by Gasteiger charge is -2.35. The average molecular weight is 268 g/mol. The number of nitrogens with zero attached hydrogens (tertiary/aromatic N) is 2. The van der Waals surface area contributed by atoms with Gasteiger partial charge in [-0.3, -0.25) is 4.79 Å². The van der Waals surface area contributed by atoms with E-state index in [0.717, 1.165) is 38.1 Å². The first-order valence-corrected chi connectivity index (χ1v) is 6.40. The summed E-state index contributed by atoms with van der Waals surface area (Å²) in [5.41, 5.74) is -0.0668. The van der Waals surface area contributed by atoms with Crippen LogP contribution in [0.3, 0.4) is 0 Å². The Morgan fingerprint density at radius 1 is 1.32 bits per heavy atom. The van der Waals surface area contributed by atoms with Crippen molar-refractivity contribution in [1.29, 1.82) is 0 Å². The molecule has 19 heavy (non-hydrogen) atoms. The van der Waals surface area contributed by atoms with Crippen LogP contribution in [0.2, 0.25) is 0 Å². The first-order chi connectivity index (χ1) is 8.99. The van der Waals surface area contributed by atoms with Crippen LogP contribution in [-0.4, -0.2) is 48.9 Å². The molecular weight excluding hydrogens is 250 g/mol. The van der Waals surface area contributed by atoms with Crippen LogP contribution in [0.5, 0.6) is 0 Å². The Hall–Kier alpha value is -1.49. The summed E-state index contributed by atoms with van der Waals surface area (Å²) < 4.78 is 26.4. The van der Waals surface area contributed by atoms with Crippen molar-refractivity contribution in [3.63, 3.8) is 0 Å². The quantitative estimate of drug-likeness (QED) is 0.820. The summed E-state index contributed by atoms with van der Waals surface area (Å²) in [6, 6.07) is 3.18. The zero-order chi connectivity index (χ0) is 14.0. The minimum Gasteiger partial charge on any atom is -0.339 e. The van der Waals surface area contributed by atoms with E-state index in [0.29, 0.717) is 0 Å². The summed E-state index contributed by atoms with van der Waals surface area (Å²) in [6.07, 6.45) is 1.75. The van der Waals surface area contributed by atoms with Crippen LogP contribution in [-0.2, 0) is 0 Å². The average Bonchev–Trinajstić information content (AvgIpc) is 2.38. The highest BCUT2D eigenvalue weighted by Crippen LogP contribution is 2.18. The normalized spacial score (nSPS) is 17.5. The zero-order valence-corrected chi connectivity index (χ0v) is 11.2. The molecule has 0 saturated carbocycles. The molecule has 1 heterocycles. The SMILES string of the molecule is CN1CCC(N(C)C(=O)c2ccc(F)cc2F)CC1. The highest BCUT2D eigenvalue weighted by molar-refractivity contribution is 5.94. The summed E-state index contributed by atoms with van der Waals surface area (Å²) in [4.78, 5) is 16.0. The van der Waals surface area contributed by atoms with E-state index in [9.17, 15) is 13.6 Å². The predicted molar refractivity (Wildman–Crippen MR) is 69.0 cm³/mol. The van der Waals surface area contributed by atoms with Crippen LogP contribution < -0.4 is 0 Å². The second-order valence-corrected chi connectivity index (χ2v) is 5.07. The Kier molecular flexibility index (Phi) is 4.14. The minimum atomic E-state index is -0.801. The molecular formula is C14H18F2N2O. The maximum Gasteiger partial charge on any atom is 0.256 e. The standard InChI is InChI=1S/C14H18F2N2O/c1-17-7-5-11(6-8-17)18(2)14(19)12-4-3-10(15)9-13(12)16/h3-4,9,11H,5-8H2,1-2H3. The Bertz CT molecular complexity index is 471. The fraction of sp³-hybridized carbons (Fsp3) is 0.500. The highest BCUT2D eigenvalue weighted by atomic mass is 19.1. The third-order valence-electron chi connectivity index (χ3n) is 3.72. The van der Waals surface area contributed by atoms with Gasteiger partial charge in [0.2, 0.25) is 0 Å². The number of hydrogen-bond acceptors (Lipinski definition) is 2. The summed E-state index contributed by atoms with van der Waals surface area (Å²) in [7, 11) is 3.72. The first kappa shape index (κ1) is 13.9. The molecule has 0 unspecified atom stereocenters. The maximum absolute atomic E-state index is 13.6. The molecule has 0 spiro atoms. The second-order valence-electron chi connectivity index (χ2n) is 5.07. The molecule has 0 radical (unpaired) electrons. The van der Waals surface area contributed by atoms with Gasteiger partial charge >= 0.3 is 0 Å². The lowest BCUT2D eigenvalue weighted by Crippen LogP contribution is -2.44. The van der Waals surface area contributed by atoms with Gasteiger partial charge < -0.3 is 9.80 Å². The topological polar surface area (TPSA) is 23.6 Å². The molecule has 1 aromatic rings. The lowest BCUT2D eigenvalue weighted by molar-refractivity contribution is 0.0655. The van der Waals surface area contributed by atoms with Crippen LogP contribution in [0.25, 0.3) is 0 Å². The fourth-order valence-corrected chi connectivity index (χ4v) is 2.40. The van der Waals surface area contributed by atoms with Gasteiger partial charge in [0.1, 0.15) is 11.6 Å². The van der Waals surface area contributed by atoms with E-state index < -0.39 is 11.6 Å². The molecule has 0 aliphatic carbocycles. The van der Waals surface area contributed by atoms with E-state index in [1.807, 2.05) is 7.05 Å². The number of hydrogen-bond donors (Lipinski definition) is 0. The van der Waals surface area contributed by atoms with E-state index in [1.54, 1.807) is 11.9 Å². The van der Waals surface area contributed by atoms with E-state index in [1.165, 1.54) is 6.07 Å². The monoisotopic (exact) mass is 268 g/mol. The van der Waals surface area contributed by atoms with Crippen molar-refractivity contribution in [3.8, 4) is 0 Å². The van der Waals surface area contributed by atoms with Gasteiger partial charge in [-0.25, -0.2) is 8.78 Å². The molecule has 0 aromatic heterocycles. The molecule has 0 bridgehead atoms. The molecule has 2 rings (SSSR count). The van der Waals surface area contributed by atoms with Crippen LogP contribution in [0.15, 0.2) is 18.2 Å². The van der Waals surface area contributed by atoms with Gasteiger partial charge in [0.25, 0.3) is 5.91 Å². The minimum absolute atomic E-state index is 0.0668. The molecule has 5 heteroatoms. The third kappa shape index (κ3) is 3.10. The number of amides is 1. The van der Waals surface area contributed by atoms with E-state index in [-0.39, 0.29) is 17.5 Å². The second kappa shape index (κ2) is 5.65. The third-order valence-corrected chi connectivity index (χ3v) is 3.72. The summed E-state index contributed by atoms with van der Waals surface area (Å²) in [5.74, 6) is -1.85. The zero-order valence-electron chi connectivity index (χ0n) is 11.2. The van der Waals surface area contributed by atoms with Crippen LogP contribution in [0, 0.1) is 11.6 Å². The van der Waals surface area contributed by atoms with Crippen LogP contribution in [0.4, 0.5) is 8.78 Å². The van der Waals surface area contributed by atoms with Crippen molar-refractivity contribution in [1.82, 2.24) is 9.80 Å². The number of halogens is 2. The summed E-state index contributed by atoms with van der Waals surface area (Å²) in [6.45, 7) is 1.85. The van der Waals surface area contributed by atoms with Crippen LogP contribution in [0.1, 0.15) is 23.2 Å². The summed E-state index contributed by atoms with van der Waals surface area (Å²) >= 11 is 0. The van der Waals surface area contributed by atoms with E-state index >= 15 is 0 Å². The van der Waals surface area contributed by atoms with Crippen molar-refractivity contribution in [2.24, 2.45) is 0 Å². The largest absolute Gasteiger partial charge is 0.339 e. The Labute approximate surface area is 111 Å². The molecule has 1 saturated heterocycles. The molecule has 1 aliphatic heterocycles. The molecule has 3 nitrogen and oxygen atoms in total. The van der Waals surface area contributed by atoms with Gasteiger partial charge in [0.15, 0.2) is 0 Å². The van der Waals surface area contributed by atoms with E-state index in [4.69, 9.17) is 0 Å². The molecule has 1 aliphatic rings. The lowest BCUT2D eigenvalue weighted by atomic mass is 10.0. The van der Waals surface area contributed by atoms with Crippen molar-refractivity contribution in [2.75, 3.05) is 27.2 Å². The fourth-order valence-electron chi connectivity index (χ4n) is 2.40. The van der Waals surface area contributed by atoms with Crippen molar-refractivity contribution < 1.29 is 13.6 Å². The molecule has 1 amide bonds. The van der Waals surface area contributed by atoms with Gasteiger partial charge in [-0.15, -0.1) is 0 Å². The van der Waals surface area contributed by atoms with Gasteiger partial charge in [-0.2, -0.15) is 0 Å². The Morgan fingerprint density at radius 2 is 1.95 bits per heavy atom. The Balaban J connectivity index is 2.10. The highest BCUT2D eigenvalue weighted by Gasteiger charge is 2.26. The summed E-state index contributed by atoms with van der Waals surface area (Å²) in [5, 5.41) is 0. The maximum atomic E-state index is 13.6. The Morgan fingerprint density at radius 3 is 2.53 bits per heavy atom. The van der Waals surface area contributed by atoms with Crippen LogP contribution >= 0.6 is 0 Å².